The molecule has 5 N–H and O–H groups in total. The van der Waals surface area contributed by atoms with Crippen LogP contribution in [0.5, 0.6) is 5.75 Å². The van der Waals surface area contributed by atoms with Crippen molar-refractivity contribution in [3.05, 3.63) is 29.8 Å². The molecule has 8 nitrogen and oxygen atoms in total. The van der Waals surface area contributed by atoms with E-state index in [2.05, 4.69) is 5.32 Å². The number of hydroxylamine groups is 1. The second-order valence-corrected chi connectivity index (χ2v) is 5.24. The summed E-state index contributed by atoms with van der Waals surface area (Å²) in [4.78, 5) is 34.2. The first-order valence-electron chi connectivity index (χ1n) is 7.07. The van der Waals surface area contributed by atoms with Crippen LogP contribution in [0.15, 0.2) is 24.3 Å². The van der Waals surface area contributed by atoms with E-state index in [1.54, 1.807) is 19.1 Å². The number of hydrogen-bond donors (Lipinski definition) is 5. The fraction of sp³-hybridized carbons (Fsp3) is 0.400. The van der Waals surface area contributed by atoms with Gasteiger partial charge < -0.3 is 15.5 Å². The second-order valence-electron chi connectivity index (χ2n) is 5.24. The largest absolute Gasteiger partial charge is 0.508 e. The Morgan fingerprint density at radius 1 is 1.17 bits per heavy atom. The molecule has 1 unspecified atom stereocenters. The molecule has 0 saturated carbocycles. The lowest BCUT2D eigenvalue weighted by Crippen LogP contribution is -2.44. The summed E-state index contributed by atoms with van der Waals surface area (Å²) in [5.74, 6) is -2.77. The van der Waals surface area contributed by atoms with E-state index >= 15 is 0 Å². The Balaban J connectivity index is 2.61. The first-order valence-corrected chi connectivity index (χ1v) is 7.07. The molecule has 8 heteroatoms. The molecule has 0 aliphatic carbocycles. The zero-order chi connectivity index (χ0) is 17.4. The number of rotatable bonds is 8. The molecule has 0 radical (unpaired) electrons. The Morgan fingerprint density at radius 3 is 2.30 bits per heavy atom. The topological polar surface area (TPSA) is 136 Å². The molecule has 0 bridgehead atoms. The van der Waals surface area contributed by atoms with Crippen molar-refractivity contribution in [3.8, 4) is 5.75 Å². The van der Waals surface area contributed by atoms with Crippen molar-refractivity contribution in [2.75, 3.05) is 0 Å². The molecule has 0 saturated heterocycles. The molecule has 2 atom stereocenters. The zero-order valence-corrected chi connectivity index (χ0v) is 12.7. The van der Waals surface area contributed by atoms with Crippen LogP contribution in [0.4, 0.5) is 0 Å². The molecule has 2 amide bonds. The highest BCUT2D eigenvalue weighted by molar-refractivity contribution is 5.85. The van der Waals surface area contributed by atoms with E-state index in [0.717, 1.165) is 0 Å². The number of nitrogens with one attached hydrogen (secondary N) is 2. The maximum Gasteiger partial charge on any atom is 0.326 e. The molecule has 1 aromatic rings. The van der Waals surface area contributed by atoms with Crippen LogP contribution in [0.1, 0.15) is 25.3 Å². The Hall–Kier alpha value is -2.61. The normalized spacial score (nSPS) is 13.0. The first kappa shape index (κ1) is 18.4. The molecule has 0 aliphatic heterocycles. The molecule has 0 fully saturated rings. The van der Waals surface area contributed by atoms with E-state index in [9.17, 15) is 24.6 Å². The Labute approximate surface area is 133 Å². The number of carbonyl (C=O) groups is 3. The maximum atomic E-state index is 12.0. The third kappa shape index (κ3) is 6.35. The predicted molar refractivity (Wildman–Crippen MR) is 79.7 cm³/mol. The average molecular weight is 324 g/mol. The summed E-state index contributed by atoms with van der Waals surface area (Å²) in [5, 5.41) is 29.2. The number of hydrogen-bond acceptors (Lipinski definition) is 5. The van der Waals surface area contributed by atoms with E-state index in [0.29, 0.717) is 5.56 Å². The van der Waals surface area contributed by atoms with E-state index < -0.39 is 29.7 Å². The van der Waals surface area contributed by atoms with Crippen LogP contribution in [0, 0.1) is 5.92 Å². The van der Waals surface area contributed by atoms with Crippen molar-refractivity contribution >= 4 is 17.8 Å². The number of benzene rings is 1. The molecule has 1 rings (SSSR count). The number of amides is 2. The summed E-state index contributed by atoms with van der Waals surface area (Å²) in [6.07, 6.45) is 0.218. The van der Waals surface area contributed by atoms with E-state index in [4.69, 9.17) is 5.21 Å². The van der Waals surface area contributed by atoms with Gasteiger partial charge >= 0.3 is 5.97 Å². The van der Waals surface area contributed by atoms with Gasteiger partial charge in [0.25, 0.3) is 0 Å². The van der Waals surface area contributed by atoms with Crippen molar-refractivity contribution < 1.29 is 29.8 Å². The smallest absolute Gasteiger partial charge is 0.326 e. The minimum Gasteiger partial charge on any atom is -0.508 e. The summed E-state index contributed by atoms with van der Waals surface area (Å²) < 4.78 is 0. The lowest BCUT2D eigenvalue weighted by molar-refractivity contribution is -0.142. The zero-order valence-electron chi connectivity index (χ0n) is 12.7. The van der Waals surface area contributed by atoms with Gasteiger partial charge in [-0.25, -0.2) is 10.3 Å². The highest BCUT2D eigenvalue weighted by atomic mass is 16.5. The van der Waals surface area contributed by atoms with Crippen molar-refractivity contribution in [1.29, 1.82) is 0 Å². The Kier molecular flexibility index (Phi) is 7.01. The quantitative estimate of drug-likeness (QED) is 0.347. The summed E-state index contributed by atoms with van der Waals surface area (Å²) >= 11 is 0. The average Bonchev–Trinajstić information content (AvgIpc) is 2.53. The van der Waals surface area contributed by atoms with Crippen LogP contribution in [-0.4, -0.2) is 39.2 Å². The van der Waals surface area contributed by atoms with Crippen LogP contribution in [0.25, 0.3) is 0 Å². The third-order valence-corrected chi connectivity index (χ3v) is 3.37. The summed E-state index contributed by atoms with van der Waals surface area (Å²) in [6, 6.07) is 4.92. The van der Waals surface area contributed by atoms with Gasteiger partial charge in [-0.2, -0.15) is 0 Å². The summed E-state index contributed by atoms with van der Waals surface area (Å²) in [6.45, 7) is 1.57. The Bertz CT molecular complexity index is 558. The minimum atomic E-state index is -1.17. The fourth-order valence-electron chi connectivity index (χ4n) is 1.92. The van der Waals surface area contributed by atoms with Gasteiger partial charge in [0.15, 0.2) is 0 Å². The number of carboxylic acid groups (broad SMARTS) is 1. The van der Waals surface area contributed by atoms with E-state index in [1.807, 2.05) is 0 Å². The maximum absolute atomic E-state index is 12.0. The third-order valence-electron chi connectivity index (χ3n) is 3.37. The second kappa shape index (κ2) is 8.74. The van der Waals surface area contributed by atoms with Gasteiger partial charge in [-0.1, -0.05) is 19.1 Å². The molecular formula is C15H20N2O6. The minimum absolute atomic E-state index is 0.0409. The molecule has 0 aliphatic rings. The van der Waals surface area contributed by atoms with Gasteiger partial charge in [0.1, 0.15) is 11.8 Å². The van der Waals surface area contributed by atoms with Crippen LogP contribution in [-0.2, 0) is 20.8 Å². The number of phenolic OH excluding ortho intramolecular Hbond substituents is 1. The molecule has 23 heavy (non-hydrogen) atoms. The highest BCUT2D eigenvalue weighted by Gasteiger charge is 2.23. The van der Waals surface area contributed by atoms with Crippen LogP contribution in [0.2, 0.25) is 0 Å². The van der Waals surface area contributed by atoms with Crippen LogP contribution in [0.3, 0.4) is 0 Å². The SMILES string of the molecule is CC(CCC(=O)NO)C(=O)N[C@@H](Cc1ccc(O)cc1)C(=O)O. The molecule has 126 valence electrons. The molecule has 0 aromatic heterocycles. The van der Waals surface area contributed by atoms with Gasteiger partial charge in [-0.3, -0.25) is 14.8 Å². The van der Waals surface area contributed by atoms with Gasteiger partial charge in [0.05, 0.1) is 0 Å². The van der Waals surface area contributed by atoms with Gasteiger partial charge in [0.2, 0.25) is 11.8 Å². The lowest BCUT2D eigenvalue weighted by Gasteiger charge is -2.18. The fourth-order valence-corrected chi connectivity index (χ4v) is 1.92. The monoisotopic (exact) mass is 324 g/mol. The van der Waals surface area contributed by atoms with Crippen LogP contribution >= 0.6 is 0 Å². The number of carbonyl (C=O) groups excluding carboxylic acids is 2. The van der Waals surface area contributed by atoms with Crippen molar-refractivity contribution in [2.45, 2.75) is 32.2 Å². The van der Waals surface area contributed by atoms with Gasteiger partial charge in [0, 0.05) is 18.8 Å². The summed E-state index contributed by atoms with van der Waals surface area (Å²) in [7, 11) is 0. The molecule has 0 heterocycles. The number of aliphatic carboxylic acids is 1. The molecule has 1 aromatic carbocycles. The van der Waals surface area contributed by atoms with Gasteiger partial charge in [-0.05, 0) is 24.1 Å². The van der Waals surface area contributed by atoms with Gasteiger partial charge in [-0.15, -0.1) is 0 Å². The summed E-state index contributed by atoms with van der Waals surface area (Å²) in [5.41, 5.74) is 2.13. The van der Waals surface area contributed by atoms with Crippen molar-refractivity contribution in [3.63, 3.8) is 0 Å². The van der Waals surface area contributed by atoms with E-state index in [-0.39, 0.29) is 25.0 Å². The standard InChI is InChI=1S/C15H20N2O6/c1-9(2-7-13(19)17-23)14(20)16-12(15(21)22)8-10-3-5-11(18)6-4-10/h3-6,9,12,18,23H,2,7-8H2,1H3,(H,16,20)(H,17,19)(H,21,22)/t9?,12-/m0/s1. The molecule has 0 spiro atoms. The van der Waals surface area contributed by atoms with Crippen LogP contribution < -0.4 is 10.8 Å². The lowest BCUT2D eigenvalue weighted by atomic mass is 10.0. The van der Waals surface area contributed by atoms with Crippen molar-refractivity contribution in [2.24, 2.45) is 5.92 Å². The number of phenols is 1. The highest BCUT2D eigenvalue weighted by Crippen LogP contribution is 2.12. The van der Waals surface area contributed by atoms with E-state index in [1.165, 1.54) is 17.6 Å². The number of carboxylic acids is 1. The van der Waals surface area contributed by atoms with Crippen molar-refractivity contribution in [1.82, 2.24) is 10.8 Å². The predicted octanol–water partition coefficient (Wildman–Crippen LogP) is 0.426. The number of aromatic hydroxyl groups is 1. The first-order chi connectivity index (χ1) is 10.8. The Morgan fingerprint density at radius 2 is 1.78 bits per heavy atom. The molecular weight excluding hydrogens is 304 g/mol.